The molecule has 6 nitrogen and oxygen atoms in total. The average molecular weight is 449 g/mol. The van der Waals surface area contributed by atoms with E-state index in [2.05, 4.69) is 32.6 Å². The molecule has 0 amide bonds. The van der Waals surface area contributed by atoms with Crippen LogP contribution in [-0.4, -0.2) is 27.3 Å². The van der Waals surface area contributed by atoms with Gasteiger partial charge in [0.25, 0.3) is 0 Å². The summed E-state index contributed by atoms with van der Waals surface area (Å²) in [7, 11) is 1.85. The fourth-order valence-electron chi connectivity index (χ4n) is 2.00. The zero-order valence-electron chi connectivity index (χ0n) is 13.5. The molecule has 1 unspecified atom stereocenters. The molecule has 1 aromatic heterocycles. The normalized spacial score (nSPS) is 12.4. The lowest BCUT2D eigenvalue weighted by molar-refractivity contribution is 0.672. The lowest BCUT2D eigenvalue weighted by Gasteiger charge is -2.18. The molecule has 0 saturated carbocycles. The second-order valence-corrected chi connectivity index (χ2v) is 5.35. The number of nitrogens with zero attached hydrogens (tertiary/aromatic N) is 4. The standard InChI is InChI=1S/C15H21ClN6.HI/c1-4-17-15(18-9-14-19-10-20-22(14)3)21-11(2)12-6-5-7-13(16)8-12;/h5-8,10-11H,4,9H2,1-3H3,(H2,17,18,21);1H. The second-order valence-electron chi connectivity index (χ2n) is 4.92. The number of rotatable bonds is 5. The Balaban J connectivity index is 0.00000264. The van der Waals surface area contributed by atoms with Crippen LogP contribution in [0.1, 0.15) is 31.3 Å². The minimum absolute atomic E-state index is 0. The van der Waals surface area contributed by atoms with Gasteiger partial charge in [-0.2, -0.15) is 5.10 Å². The van der Waals surface area contributed by atoms with Crippen LogP contribution in [0.25, 0.3) is 0 Å². The maximum Gasteiger partial charge on any atom is 0.192 e. The maximum absolute atomic E-state index is 6.04. The molecule has 8 heteroatoms. The minimum atomic E-state index is 0. The Morgan fingerprint density at radius 2 is 2.22 bits per heavy atom. The highest BCUT2D eigenvalue weighted by Gasteiger charge is 2.08. The van der Waals surface area contributed by atoms with Crippen molar-refractivity contribution >= 4 is 41.5 Å². The first-order valence-corrected chi connectivity index (χ1v) is 7.61. The smallest absolute Gasteiger partial charge is 0.192 e. The van der Waals surface area contributed by atoms with Crippen LogP contribution in [0, 0.1) is 0 Å². The Morgan fingerprint density at radius 3 is 2.83 bits per heavy atom. The molecule has 0 spiro atoms. The molecular weight excluding hydrogens is 427 g/mol. The van der Waals surface area contributed by atoms with Crippen molar-refractivity contribution in [3.05, 3.63) is 47.0 Å². The number of aliphatic imine (C=N–C) groups is 1. The van der Waals surface area contributed by atoms with E-state index in [9.17, 15) is 0 Å². The number of aryl methyl sites for hydroxylation is 1. The summed E-state index contributed by atoms with van der Waals surface area (Å²) in [6.45, 7) is 5.35. The van der Waals surface area contributed by atoms with Gasteiger partial charge >= 0.3 is 0 Å². The van der Waals surface area contributed by atoms with Gasteiger partial charge in [-0.3, -0.25) is 4.68 Å². The monoisotopic (exact) mass is 448 g/mol. The predicted molar refractivity (Wildman–Crippen MR) is 104 cm³/mol. The Hall–Kier alpha value is -1.35. The molecule has 0 aliphatic carbocycles. The van der Waals surface area contributed by atoms with Gasteiger partial charge in [0.2, 0.25) is 0 Å². The van der Waals surface area contributed by atoms with Crippen LogP contribution in [0.15, 0.2) is 35.6 Å². The first kappa shape index (κ1) is 19.7. The van der Waals surface area contributed by atoms with Crippen LogP contribution in [0.3, 0.4) is 0 Å². The molecule has 2 aromatic rings. The van der Waals surface area contributed by atoms with Gasteiger partial charge in [0.15, 0.2) is 5.96 Å². The summed E-state index contributed by atoms with van der Waals surface area (Å²) in [6, 6.07) is 7.89. The second kappa shape index (κ2) is 9.71. The molecule has 126 valence electrons. The SMILES string of the molecule is CCNC(=NCc1ncnn1C)NC(C)c1cccc(Cl)c1.I. The third kappa shape index (κ3) is 5.98. The zero-order chi connectivity index (χ0) is 15.9. The molecule has 23 heavy (non-hydrogen) atoms. The summed E-state index contributed by atoms with van der Waals surface area (Å²) in [4.78, 5) is 8.71. The van der Waals surface area contributed by atoms with E-state index in [-0.39, 0.29) is 30.0 Å². The predicted octanol–water partition coefficient (Wildman–Crippen LogP) is 2.90. The molecule has 2 rings (SSSR count). The highest BCUT2D eigenvalue weighted by molar-refractivity contribution is 14.0. The van der Waals surface area contributed by atoms with Crippen molar-refractivity contribution in [3.63, 3.8) is 0 Å². The van der Waals surface area contributed by atoms with Crippen LogP contribution >= 0.6 is 35.6 Å². The van der Waals surface area contributed by atoms with E-state index in [1.54, 1.807) is 4.68 Å². The molecule has 1 heterocycles. The molecule has 0 radical (unpaired) electrons. The van der Waals surface area contributed by atoms with E-state index < -0.39 is 0 Å². The van der Waals surface area contributed by atoms with Crippen molar-refractivity contribution in [2.24, 2.45) is 12.0 Å². The summed E-state index contributed by atoms with van der Waals surface area (Å²) in [5.74, 6) is 1.55. The van der Waals surface area contributed by atoms with Crippen molar-refractivity contribution < 1.29 is 0 Å². The topological polar surface area (TPSA) is 67.1 Å². The Morgan fingerprint density at radius 1 is 1.43 bits per heavy atom. The van der Waals surface area contributed by atoms with Gasteiger partial charge in [-0.25, -0.2) is 9.98 Å². The Bertz CT molecular complexity index is 642. The fraction of sp³-hybridized carbons (Fsp3) is 0.400. The van der Waals surface area contributed by atoms with Gasteiger partial charge in [-0.05, 0) is 31.5 Å². The molecule has 0 fully saturated rings. The van der Waals surface area contributed by atoms with E-state index in [0.717, 1.165) is 28.9 Å². The van der Waals surface area contributed by atoms with Gasteiger partial charge in [0.05, 0.1) is 6.04 Å². The number of nitrogens with one attached hydrogen (secondary N) is 2. The van der Waals surface area contributed by atoms with Crippen LogP contribution in [-0.2, 0) is 13.6 Å². The van der Waals surface area contributed by atoms with Gasteiger partial charge in [-0.1, -0.05) is 23.7 Å². The highest BCUT2D eigenvalue weighted by Crippen LogP contribution is 2.17. The van der Waals surface area contributed by atoms with E-state index >= 15 is 0 Å². The lowest BCUT2D eigenvalue weighted by atomic mass is 10.1. The van der Waals surface area contributed by atoms with Gasteiger partial charge in [0, 0.05) is 18.6 Å². The molecular formula is C15H22ClIN6. The summed E-state index contributed by atoms with van der Waals surface area (Å²) >= 11 is 6.04. The number of guanidine groups is 1. The van der Waals surface area contributed by atoms with Crippen LogP contribution < -0.4 is 10.6 Å². The van der Waals surface area contributed by atoms with Gasteiger partial charge in [-0.15, -0.1) is 24.0 Å². The number of halogens is 2. The molecule has 1 atom stereocenters. The first-order valence-electron chi connectivity index (χ1n) is 7.23. The minimum Gasteiger partial charge on any atom is -0.357 e. The van der Waals surface area contributed by atoms with Gasteiger partial charge < -0.3 is 10.6 Å². The Labute approximate surface area is 158 Å². The zero-order valence-corrected chi connectivity index (χ0v) is 16.5. The summed E-state index contributed by atoms with van der Waals surface area (Å²) < 4.78 is 1.72. The third-order valence-corrected chi connectivity index (χ3v) is 3.46. The van der Waals surface area contributed by atoms with E-state index in [1.807, 2.05) is 38.2 Å². The molecule has 0 bridgehead atoms. The molecule has 0 aliphatic heterocycles. The van der Waals surface area contributed by atoms with E-state index in [1.165, 1.54) is 6.33 Å². The summed E-state index contributed by atoms with van der Waals surface area (Å²) in [5.41, 5.74) is 1.11. The van der Waals surface area contributed by atoms with Crippen molar-refractivity contribution in [3.8, 4) is 0 Å². The van der Waals surface area contributed by atoms with Crippen LogP contribution in [0.5, 0.6) is 0 Å². The van der Waals surface area contributed by atoms with E-state index in [4.69, 9.17) is 11.6 Å². The van der Waals surface area contributed by atoms with Crippen molar-refractivity contribution in [2.45, 2.75) is 26.4 Å². The number of hydrogen-bond acceptors (Lipinski definition) is 3. The Kier molecular flexibility index (Phi) is 8.32. The van der Waals surface area contributed by atoms with Crippen molar-refractivity contribution in [2.75, 3.05) is 6.54 Å². The maximum atomic E-state index is 6.04. The molecule has 0 aliphatic rings. The van der Waals surface area contributed by atoms with Crippen molar-refractivity contribution in [1.29, 1.82) is 0 Å². The number of aromatic nitrogens is 3. The number of hydrogen-bond donors (Lipinski definition) is 2. The highest BCUT2D eigenvalue weighted by atomic mass is 127. The summed E-state index contributed by atoms with van der Waals surface area (Å²) in [5, 5.41) is 11.4. The first-order chi connectivity index (χ1) is 10.6. The molecule has 1 aromatic carbocycles. The molecule has 2 N–H and O–H groups in total. The third-order valence-electron chi connectivity index (χ3n) is 3.23. The largest absolute Gasteiger partial charge is 0.357 e. The fourth-order valence-corrected chi connectivity index (χ4v) is 2.20. The number of benzene rings is 1. The van der Waals surface area contributed by atoms with E-state index in [0.29, 0.717) is 6.54 Å². The van der Waals surface area contributed by atoms with Gasteiger partial charge in [0.1, 0.15) is 18.7 Å². The molecule has 0 saturated heterocycles. The lowest BCUT2D eigenvalue weighted by Crippen LogP contribution is -2.38. The van der Waals surface area contributed by atoms with Crippen molar-refractivity contribution in [1.82, 2.24) is 25.4 Å². The average Bonchev–Trinajstić information content (AvgIpc) is 2.90. The summed E-state index contributed by atoms with van der Waals surface area (Å²) in [6.07, 6.45) is 1.53. The quantitative estimate of drug-likeness (QED) is 0.419. The van der Waals surface area contributed by atoms with Crippen LogP contribution in [0.4, 0.5) is 0 Å². The van der Waals surface area contributed by atoms with Crippen LogP contribution in [0.2, 0.25) is 5.02 Å².